The van der Waals surface area contributed by atoms with Crippen molar-refractivity contribution in [3.8, 4) is 0 Å². The molecule has 0 saturated carbocycles. The second-order valence-corrected chi connectivity index (χ2v) is 8.45. The van der Waals surface area contributed by atoms with Gasteiger partial charge in [0.2, 0.25) is 17.7 Å². The zero-order chi connectivity index (χ0) is 26.2. The Morgan fingerprint density at radius 3 is 1.97 bits per heavy atom. The largest absolute Gasteiger partial charge is 0.443 e. The molecule has 0 aromatic carbocycles. The number of ether oxygens (including phenoxy) is 3. The van der Waals surface area contributed by atoms with Crippen LogP contribution in [0.4, 0.5) is 0 Å². The van der Waals surface area contributed by atoms with E-state index in [0.29, 0.717) is 44.0 Å². The number of aromatic nitrogens is 4. The molecule has 3 aromatic rings. The van der Waals surface area contributed by atoms with E-state index in [1.165, 1.54) is 0 Å². The lowest BCUT2D eigenvalue weighted by molar-refractivity contribution is 0.0512. The van der Waals surface area contributed by atoms with E-state index in [0.717, 1.165) is 5.76 Å². The van der Waals surface area contributed by atoms with Crippen LogP contribution < -0.4 is 5.56 Å². The number of hydrogen-bond donors (Lipinski definition) is 0. The molecule has 10 nitrogen and oxygen atoms in total. The summed E-state index contributed by atoms with van der Waals surface area (Å²) in [4.78, 5) is 15.2. The summed E-state index contributed by atoms with van der Waals surface area (Å²) in [5.41, 5.74) is 0.0230. The summed E-state index contributed by atoms with van der Waals surface area (Å²) in [6.45, 7) is 17.5. The van der Waals surface area contributed by atoms with Crippen LogP contribution in [-0.4, -0.2) is 44.7 Å². The van der Waals surface area contributed by atoms with Gasteiger partial charge < -0.3 is 27.6 Å². The van der Waals surface area contributed by atoms with Crippen molar-refractivity contribution in [3.63, 3.8) is 0 Å². The normalized spacial score (nSPS) is 10.8. The van der Waals surface area contributed by atoms with Gasteiger partial charge in [-0.15, -0.1) is 10.2 Å². The summed E-state index contributed by atoms with van der Waals surface area (Å²) in [5, 5.41) is 7.44. The Bertz CT molecular complexity index is 945. The fourth-order valence-electron chi connectivity index (χ4n) is 2.37. The molecule has 0 aliphatic heterocycles. The number of aryl methyl sites for hydroxylation is 2. The number of nitrogens with zero attached hydrogens (tertiary/aromatic N) is 4. The molecule has 3 aromatic heterocycles. The Hall–Kier alpha value is -2.82. The molecule has 35 heavy (non-hydrogen) atoms. The van der Waals surface area contributed by atoms with Crippen LogP contribution in [0.25, 0.3) is 0 Å². The summed E-state index contributed by atoms with van der Waals surface area (Å²) >= 11 is 0. The topological polar surface area (TPSA) is 115 Å². The van der Waals surface area contributed by atoms with E-state index in [2.05, 4.69) is 15.2 Å². The van der Waals surface area contributed by atoms with Gasteiger partial charge in [0.25, 0.3) is 5.56 Å². The molecule has 0 radical (unpaired) electrons. The highest BCUT2D eigenvalue weighted by Gasteiger charge is 2.03. The lowest BCUT2D eigenvalue weighted by atomic mass is 10.4. The fraction of sp³-hybridized carbons (Fsp3) is 0.600. The smallest absolute Gasteiger partial charge is 0.250 e. The zero-order valence-electron chi connectivity index (χ0n) is 22.2. The van der Waals surface area contributed by atoms with Crippen LogP contribution in [0.5, 0.6) is 0 Å². The Balaban J connectivity index is 0.000000264. The van der Waals surface area contributed by atoms with Crippen molar-refractivity contribution in [3.05, 3.63) is 64.4 Å². The number of pyridine rings is 1. The average Bonchev–Trinajstić information content (AvgIpc) is 3.40. The van der Waals surface area contributed by atoms with Crippen molar-refractivity contribution in [1.29, 1.82) is 0 Å². The van der Waals surface area contributed by atoms with Gasteiger partial charge in [-0.25, -0.2) is 4.98 Å². The van der Waals surface area contributed by atoms with Crippen LogP contribution in [0.15, 0.2) is 44.2 Å². The first-order chi connectivity index (χ1) is 16.6. The quantitative estimate of drug-likeness (QED) is 0.404. The van der Waals surface area contributed by atoms with E-state index in [9.17, 15) is 4.79 Å². The standard InChI is InChI=1S/C10H15NO2.C8H13NO2.C7H12N2O2/c1-9(2)13-8-7-11-6-4-3-5-10(11)12;1-6(2)10-5-8-9-4-7(3)11-8;1-5(2)10-4-7-9-8-6(3)11-7/h3-6,9H,7-8H2,1-2H3;4,6H,5H2,1-3H3;5H,4H2,1-3H3. The minimum Gasteiger partial charge on any atom is -0.443 e. The molecule has 0 bridgehead atoms. The predicted octanol–water partition coefficient (Wildman–Crippen LogP) is 4.48. The molecular formula is C25H40N4O6. The van der Waals surface area contributed by atoms with Gasteiger partial charge in [0.05, 0.1) is 31.1 Å². The molecule has 0 saturated heterocycles. The molecule has 0 N–H and O–H groups in total. The van der Waals surface area contributed by atoms with Gasteiger partial charge >= 0.3 is 0 Å². The van der Waals surface area contributed by atoms with E-state index in [1.54, 1.807) is 36.0 Å². The Kier molecular flexibility index (Phi) is 14.5. The van der Waals surface area contributed by atoms with Crippen molar-refractivity contribution in [2.45, 2.75) is 93.5 Å². The Morgan fingerprint density at radius 1 is 0.857 bits per heavy atom. The summed E-state index contributed by atoms with van der Waals surface area (Å²) in [7, 11) is 0. The van der Waals surface area contributed by atoms with E-state index < -0.39 is 0 Å². The van der Waals surface area contributed by atoms with E-state index in [-0.39, 0.29) is 23.9 Å². The maximum absolute atomic E-state index is 11.2. The molecule has 0 unspecified atom stereocenters. The highest BCUT2D eigenvalue weighted by atomic mass is 16.5. The van der Waals surface area contributed by atoms with Crippen molar-refractivity contribution in [1.82, 2.24) is 19.7 Å². The second-order valence-electron chi connectivity index (χ2n) is 8.45. The van der Waals surface area contributed by atoms with E-state index in [4.69, 9.17) is 23.0 Å². The monoisotopic (exact) mass is 492 g/mol. The summed E-state index contributed by atoms with van der Waals surface area (Å²) in [6, 6.07) is 5.13. The van der Waals surface area contributed by atoms with Gasteiger partial charge in [0, 0.05) is 25.7 Å². The van der Waals surface area contributed by atoms with E-state index in [1.807, 2.05) is 54.5 Å². The third kappa shape index (κ3) is 14.9. The van der Waals surface area contributed by atoms with Crippen LogP contribution in [0.1, 0.15) is 65.0 Å². The Morgan fingerprint density at radius 2 is 1.49 bits per heavy atom. The highest BCUT2D eigenvalue weighted by molar-refractivity contribution is 4.93. The van der Waals surface area contributed by atoms with Gasteiger partial charge in [0.1, 0.15) is 19.0 Å². The first-order valence-electron chi connectivity index (χ1n) is 11.8. The van der Waals surface area contributed by atoms with Crippen molar-refractivity contribution in [2.24, 2.45) is 0 Å². The van der Waals surface area contributed by atoms with Crippen LogP contribution in [0.2, 0.25) is 0 Å². The molecule has 0 spiro atoms. The minimum absolute atomic E-state index is 0.0230. The van der Waals surface area contributed by atoms with Gasteiger partial charge in [-0.3, -0.25) is 4.79 Å². The number of oxazole rings is 1. The first-order valence-corrected chi connectivity index (χ1v) is 11.8. The fourth-order valence-corrected chi connectivity index (χ4v) is 2.37. The third-order valence-electron chi connectivity index (χ3n) is 4.00. The molecule has 196 valence electrons. The molecule has 0 aliphatic carbocycles. The average molecular weight is 493 g/mol. The van der Waals surface area contributed by atoms with Crippen LogP contribution in [0, 0.1) is 13.8 Å². The summed E-state index contributed by atoms with van der Waals surface area (Å²) in [5.74, 6) is 2.59. The lowest BCUT2D eigenvalue weighted by Gasteiger charge is -2.08. The molecule has 0 fully saturated rings. The Labute approximate surface area is 207 Å². The van der Waals surface area contributed by atoms with Crippen LogP contribution in [0.3, 0.4) is 0 Å². The van der Waals surface area contributed by atoms with Gasteiger partial charge in [0.15, 0.2) is 0 Å². The second kappa shape index (κ2) is 16.7. The van der Waals surface area contributed by atoms with Gasteiger partial charge in [-0.2, -0.15) is 0 Å². The highest BCUT2D eigenvalue weighted by Crippen LogP contribution is 2.04. The number of rotatable bonds is 10. The number of hydrogen-bond acceptors (Lipinski definition) is 9. The molecule has 3 rings (SSSR count). The molecule has 10 heteroatoms. The SMILES string of the molecule is CC(C)OCCn1ccccc1=O.Cc1cnc(COC(C)C)o1.Cc1nnc(COC(C)C)o1. The summed E-state index contributed by atoms with van der Waals surface area (Å²) < 4.78 is 27.8. The van der Waals surface area contributed by atoms with Gasteiger partial charge in [-0.1, -0.05) is 6.07 Å². The molecule has 0 atom stereocenters. The molecule has 0 amide bonds. The predicted molar refractivity (Wildman–Crippen MR) is 132 cm³/mol. The molecule has 0 aliphatic rings. The van der Waals surface area contributed by atoms with Crippen molar-refractivity contribution < 1.29 is 23.0 Å². The lowest BCUT2D eigenvalue weighted by Crippen LogP contribution is -2.21. The van der Waals surface area contributed by atoms with E-state index >= 15 is 0 Å². The summed E-state index contributed by atoms with van der Waals surface area (Å²) in [6.07, 6.45) is 4.11. The first kappa shape index (κ1) is 30.2. The van der Waals surface area contributed by atoms with Crippen LogP contribution in [-0.2, 0) is 34.0 Å². The maximum Gasteiger partial charge on any atom is 0.250 e. The molecule has 3 heterocycles. The minimum atomic E-state index is 0.0230. The van der Waals surface area contributed by atoms with Crippen molar-refractivity contribution in [2.75, 3.05) is 6.61 Å². The van der Waals surface area contributed by atoms with Crippen molar-refractivity contribution >= 4 is 0 Å². The van der Waals surface area contributed by atoms with Gasteiger partial charge in [-0.05, 0) is 54.5 Å². The third-order valence-corrected chi connectivity index (χ3v) is 4.00. The molecular weight excluding hydrogens is 452 g/mol. The van der Waals surface area contributed by atoms with Crippen LogP contribution >= 0.6 is 0 Å². The maximum atomic E-state index is 11.2. The zero-order valence-corrected chi connectivity index (χ0v) is 22.2.